The van der Waals surface area contributed by atoms with Gasteiger partial charge in [0, 0.05) is 5.69 Å². The van der Waals surface area contributed by atoms with Crippen LogP contribution in [0.1, 0.15) is 27.2 Å². The molecule has 7 heteroatoms. The average Bonchev–Trinajstić information content (AvgIpc) is 2.44. The Morgan fingerprint density at radius 1 is 1.29 bits per heavy atom. The second-order valence-corrected chi connectivity index (χ2v) is 7.98. The maximum atomic E-state index is 12.7. The molecule has 1 atom stereocenters. The van der Waals surface area contributed by atoms with Crippen molar-refractivity contribution in [2.75, 3.05) is 19.5 Å². The lowest BCUT2D eigenvalue weighted by Crippen LogP contribution is -2.43. The molecule has 0 saturated heterocycles. The number of sulfone groups is 1. The van der Waals surface area contributed by atoms with Gasteiger partial charge in [-0.25, -0.2) is 8.42 Å². The molecule has 0 radical (unpaired) electrons. The van der Waals surface area contributed by atoms with Gasteiger partial charge in [-0.05, 0) is 58.6 Å². The van der Waals surface area contributed by atoms with Crippen LogP contribution < -0.4 is 11.3 Å². The van der Waals surface area contributed by atoms with E-state index in [4.69, 9.17) is 10.6 Å². The summed E-state index contributed by atoms with van der Waals surface area (Å²) in [6.45, 7) is 5.10. The number of hydrazine groups is 1. The molecule has 1 aromatic carbocycles. The SMILES string of the molecule is CCC(OC(C)(C)S(=O)(=O)c1ccc(NN)cc1)N(C)C. The second kappa shape index (κ2) is 6.74. The van der Waals surface area contributed by atoms with Crippen LogP contribution in [-0.2, 0) is 14.6 Å². The van der Waals surface area contributed by atoms with Gasteiger partial charge in [0.1, 0.15) is 6.23 Å². The molecule has 0 aliphatic rings. The summed E-state index contributed by atoms with van der Waals surface area (Å²) in [5.74, 6) is 5.28. The maximum absolute atomic E-state index is 12.7. The number of hydrogen-bond donors (Lipinski definition) is 2. The van der Waals surface area contributed by atoms with Gasteiger partial charge in [0.15, 0.2) is 4.93 Å². The lowest BCUT2D eigenvalue weighted by Gasteiger charge is -2.33. The van der Waals surface area contributed by atoms with Crippen LogP contribution in [0.15, 0.2) is 29.2 Å². The number of nitrogen functional groups attached to an aromatic ring is 1. The molecule has 0 spiro atoms. The van der Waals surface area contributed by atoms with E-state index in [-0.39, 0.29) is 11.1 Å². The highest BCUT2D eigenvalue weighted by atomic mass is 32.2. The van der Waals surface area contributed by atoms with Crippen molar-refractivity contribution in [2.24, 2.45) is 5.84 Å². The fourth-order valence-corrected chi connectivity index (χ4v) is 3.26. The Bertz CT molecular complexity index is 553. The summed E-state index contributed by atoms with van der Waals surface area (Å²) in [5.41, 5.74) is 3.11. The Morgan fingerprint density at radius 2 is 1.81 bits per heavy atom. The van der Waals surface area contributed by atoms with Crippen LogP contribution in [0, 0.1) is 0 Å². The molecule has 0 bridgehead atoms. The van der Waals surface area contributed by atoms with E-state index < -0.39 is 14.8 Å². The molecule has 21 heavy (non-hydrogen) atoms. The minimum Gasteiger partial charge on any atom is -0.341 e. The molecular formula is C14H25N3O3S. The first-order valence-electron chi connectivity index (χ1n) is 6.81. The number of rotatable bonds is 7. The lowest BCUT2D eigenvalue weighted by molar-refractivity contribution is -0.0895. The van der Waals surface area contributed by atoms with Crippen LogP contribution in [0.2, 0.25) is 0 Å². The highest BCUT2D eigenvalue weighted by Gasteiger charge is 2.39. The van der Waals surface area contributed by atoms with Gasteiger partial charge >= 0.3 is 0 Å². The molecule has 0 heterocycles. The first-order valence-corrected chi connectivity index (χ1v) is 8.29. The van der Waals surface area contributed by atoms with E-state index in [1.165, 1.54) is 12.1 Å². The van der Waals surface area contributed by atoms with Crippen molar-refractivity contribution in [3.8, 4) is 0 Å². The summed E-state index contributed by atoms with van der Waals surface area (Å²) in [7, 11) is 0.0997. The predicted octanol–water partition coefficient (Wildman–Crippen LogP) is 1.80. The van der Waals surface area contributed by atoms with E-state index in [1.54, 1.807) is 26.0 Å². The molecule has 0 aliphatic carbocycles. The minimum atomic E-state index is -3.62. The smallest absolute Gasteiger partial charge is 0.207 e. The average molecular weight is 315 g/mol. The summed E-state index contributed by atoms with van der Waals surface area (Å²) in [4.78, 5) is 0.744. The summed E-state index contributed by atoms with van der Waals surface area (Å²) < 4.78 is 31.3. The summed E-state index contributed by atoms with van der Waals surface area (Å²) in [6, 6.07) is 6.27. The maximum Gasteiger partial charge on any atom is 0.207 e. The van der Waals surface area contributed by atoms with E-state index >= 15 is 0 Å². The largest absolute Gasteiger partial charge is 0.341 e. The van der Waals surface area contributed by atoms with Crippen molar-refractivity contribution in [3.63, 3.8) is 0 Å². The Hall–Kier alpha value is -1.15. The second-order valence-electron chi connectivity index (χ2n) is 5.52. The number of benzene rings is 1. The van der Waals surface area contributed by atoms with Gasteiger partial charge in [-0.2, -0.15) is 0 Å². The third kappa shape index (κ3) is 3.94. The first-order chi connectivity index (χ1) is 9.65. The molecule has 6 nitrogen and oxygen atoms in total. The molecular weight excluding hydrogens is 290 g/mol. The van der Waals surface area contributed by atoms with Crippen molar-refractivity contribution in [2.45, 2.75) is 43.2 Å². The number of nitrogens with two attached hydrogens (primary N) is 1. The summed E-state index contributed by atoms with van der Waals surface area (Å²) in [6.07, 6.45) is 0.432. The third-order valence-corrected chi connectivity index (χ3v) is 5.61. The molecule has 1 aromatic rings. The van der Waals surface area contributed by atoms with Crippen LogP contribution >= 0.6 is 0 Å². The zero-order chi connectivity index (χ0) is 16.3. The highest BCUT2D eigenvalue weighted by molar-refractivity contribution is 7.92. The van der Waals surface area contributed by atoms with E-state index in [9.17, 15) is 8.42 Å². The fourth-order valence-electron chi connectivity index (χ4n) is 1.96. The number of hydrogen-bond acceptors (Lipinski definition) is 6. The van der Waals surface area contributed by atoms with Crippen LogP contribution in [0.5, 0.6) is 0 Å². The normalized spacial score (nSPS) is 14.2. The van der Waals surface area contributed by atoms with Crippen molar-refractivity contribution in [1.82, 2.24) is 4.90 Å². The number of ether oxygens (including phenoxy) is 1. The monoisotopic (exact) mass is 315 g/mol. The van der Waals surface area contributed by atoms with E-state index in [2.05, 4.69) is 5.43 Å². The molecule has 3 N–H and O–H groups in total. The zero-order valence-electron chi connectivity index (χ0n) is 13.3. The van der Waals surface area contributed by atoms with Gasteiger partial charge in [-0.15, -0.1) is 0 Å². The molecule has 0 amide bonds. The summed E-state index contributed by atoms with van der Waals surface area (Å²) in [5, 5.41) is 0. The third-order valence-electron chi connectivity index (χ3n) is 3.32. The van der Waals surface area contributed by atoms with Gasteiger partial charge in [-0.1, -0.05) is 6.92 Å². The van der Waals surface area contributed by atoms with Crippen molar-refractivity contribution in [3.05, 3.63) is 24.3 Å². The standard InChI is InChI=1S/C14H25N3O3S/c1-6-13(17(4)5)20-14(2,3)21(18,19)12-9-7-11(16-15)8-10-12/h7-10,13,16H,6,15H2,1-5H3. The number of nitrogens with one attached hydrogen (secondary N) is 1. The minimum absolute atomic E-state index is 0.208. The van der Waals surface area contributed by atoms with E-state index in [0.717, 1.165) is 0 Å². The molecule has 0 saturated carbocycles. The Labute approximate surface area is 127 Å². The van der Waals surface area contributed by atoms with E-state index in [0.29, 0.717) is 12.1 Å². The molecule has 0 fully saturated rings. The fraction of sp³-hybridized carbons (Fsp3) is 0.571. The highest BCUT2D eigenvalue weighted by Crippen LogP contribution is 2.29. The topological polar surface area (TPSA) is 84.7 Å². The Morgan fingerprint density at radius 3 is 2.19 bits per heavy atom. The molecule has 0 aromatic heterocycles. The summed E-state index contributed by atoms with van der Waals surface area (Å²) >= 11 is 0. The molecule has 0 aliphatic heterocycles. The zero-order valence-corrected chi connectivity index (χ0v) is 14.1. The number of nitrogens with zero attached hydrogens (tertiary/aromatic N) is 1. The first kappa shape index (κ1) is 17.9. The van der Waals surface area contributed by atoms with Crippen LogP contribution in [0.3, 0.4) is 0 Å². The van der Waals surface area contributed by atoms with E-state index in [1.807, 2.05) is 25.9 Å². The van der Waals surface area contributed by atoms with Crippen LogP contribution in [-0.4, -0.2) is 38.6 Å². The molecule has 1 unspecified atom stereocenters. The predicted molar refractivity (Wildman–Crippen MR) is 84.4 cm³/mol. The molecule has 1 rings (SSSR count). The van der Waals surface area contributed by atoms with Gasteiger partial charge in [0.05, 0.1) is 4.90 Å². The van der Waals surface area contributed by atoms with Crippen molar-refractivity contribution < 1.29 is 13.2 Å². The van der Waals surface area contributed by atoms with Crippen LogP contribution in [0.4, 0.5) is 5.69 Å². The van der Waals surface area contributed by atoms with Gasteiger partial charge in [0.25, 0.3) is 0 Å². The van der Waals surface area contributed by atoms with Crippen LogP contribution in [0.25, 0.3) is 0 Å². The molecule has 120 valence electrons. The van der Waals surface area contributed by atoms with Gasteiger partial charge in [0.2, 0.25) is 9.84 Å². The number of anilines is 1. The van der Waals surface area contributed by atoms with Gasteiger partial charge < -0.3 is 10.2 Å². The Balaban J connectivity index is 3.08. The van der Waals surface area contributed by atoms with Gasteiger partial charge in [-0.3, -0.25) is 10.7 Å². The lowest BCUT2D eigenvalue weighted by atomic mass is 10.3. The Kier molecular flexibility index (Phi) is 5.75. The van der Waals surface area contributed by atoms with Crippen molar-refractivity contribution >= 4 is 15.5 Å². The van der Waals surface area contributed by atoms with Crippen molar-refractivity contribution in [1.29, 1.82) is 0 Å². The quantitative estimate of drug-likeness (QED) is 0.453.